The molecular formula is C33H45NO5. The lowest BCUT2D eigenvalue weighted by molar-refractivity contribution is -0.248. The van der Waals surface area contributed by atoms with Crippen LogP contribution in [0.2, 0.25) is 0 Å². The molecule has 0 amide bonds. The molecule has 1 N–H and O–H groups in total. The normalized spacial score (nSPS) is 45.8. The van der Waals surface area contributed by atoms with Gasteiger partial charge in [0.2, 0.25) is 0 Å². The Kier molecular flexibility index (Phi) is 5.91. The van der Waals surface area contributed by atoms with Crippen LogP contribution in [0.15, 0.2) is 23.3 Å². The van der Waals surface area contributed by atoms with Gasteiger partial charge in [-0.2, -0.15) is 5.26 Å². The summed E-state index contributed by atoms with van der Waals surface area (Å²) in [4.78, 5) is 41.4. The summed E-state index contributed by atoms with van der Waals surface area (Å²) >= 11 is 0. The second kappa shape index (κ2) is 8.15. The molecule has 7 unspecified atom stereocenters. The van der Waals surface area contributed by atoms with Crippen molar-refractivity contribution < 1.29 is 24.2 Å². The van der Waals surface area contributed by atoms with E-state index in [4.69, 9.17) is 4.74 Å². The third-order valence-corrected chi connectivity index (χ3v) is 12.7. The number of allylic oxidation sites excluding steroid dienone is 3. The van der Waals surface area contributed by atoms with Crippen molar-refractivity contribution >= 4 is 17.5 Å². The van der Waals surface area contributed by atoms with Gasteiger partial charge in [-0.3, -0.25) is 14.4 Å². The zero-order chi connectivity index (χ0) is 29.0. The molecule has 0 saturated heterocycles. The van der Waals surface area contributed by atoms with Crippen LogP contribution in [0.3, 0.4) is 0 Å². The standard InChI is InChI=1S/C33H45NO5/c1-9-39-26(37)32-14-12-27(2,3)18-23(32)33(38)24(35)16-22-29(6)17-20(19-34)25(36)28(4,5)21(29)10-11-30(22,7)31(33,8)13-15-32/h16-17,21,23,38H,9-15,18H2,1-8H3. The van der Waals surface area contributed by atoms with Crippen molar-refractivity contribution in [2.45, 2.75) is 106 Å². The van der Waals surface area contributed by atoms with Crippen LogP contribution in [-0.4, -0.2) is 34.9 Å². The number of esters is 1. The van der Waals surface area contributed by atoms with Gasteiger partial charge < -0.3 is 9.84 Å². The number of aliphatic hydroxyl groups is 1. The van der Waals surface area contributed by atoms with Crippen LogP contribution in [0.4, 0.5) is 0 Å². The fraction of sp³-hybridized carbons (Fsp3) is 0.758. The topological polar surface area (TPSA) is 104 Å². The molecule has 3 saturated carbocycles. The average molecular weight is 536 g/mol. The molecule has 6 nitrogen and oxygen atoms in total. The summed E-state index contributed by atoms with van der Waals surface area (Å²) in [7, 11) is 0. The molecule has 5 aliphatic rings. The van der Waals surface area contributed by atoms with E-state index in [1.807, 2.05) is 19.9 Å². The molecule has 5 aliphatic carbocycles. The van der Waals surface area contributed by atoms with E-state index in [9.17, 15) is 24.8 Å². The van der Waals surface area contributed by atoms with Crippen molar-refractivity contribution in [1.82, 2.24) is 0 Å². The predicted molar refractivity (Wildman–Crippen MR) is 147 cm³/mol. The number of carbonyl (C=O) groups is 3. The zero-order valence-corrected chi connectivity index (χ0v) is 25.0. The Labute approximate surface area is 233 Å². The van der Waals surface area contributed by atoms with Crippen LogP contribution in [0.25, 0.3) is 0 Å². The molecule has 0 bridgehead atoms. The number of rotatable bonds is 2. The van der Waals surface area contributed by atoms with Crippen molar-refractivity contribution in [2.24, 2.45) is 44.3 Å². The van der Waals surface area contributed by atoms with Gasteiger partial charge in [-0.05, 0) is 80.3 Å². The SMILES string of the molecule is CCOC(=O)C12CCC(C)(C)CC1C1(O)C(=O)C=C3C4(C)C=C(C#N)C(=O)C(C)(C)C4CCC3(C)C1(C)CC2. The molecule has 3 fully saturated rings. The van der Waals surface area contributed by atoms with Gasteiger partial charge in [0, 0.05) is 22.2 Å². The van der Waals surface area contributed by atoms with E-state index in [0.29, 0.717) is 25.7 Å². The lowest BCUT2D eigenvalue weighted by atomic mass is 9.33. The minimum absolute atomic E-state index is 0.0626. The Bertz CT molecular complexity index is 1270. The highest BCUT2D eigenvalue weighted by Gasteiger charge is 2.77. The van der Waals surface area contributed by atoms with Crippen molar-refractivity contribution in [3.05, 3.63) is 23.3 Å². The van der Waals surface area contributed by atoms with E-state index < -0.39 is 38.6 Å². The van der Waals surface area contributed by atoms with E-state index in [0.717, 1.165) is 24.8 Å². The van der Waals surface area contributed by atoms with Crippen LogP contribution in [0, 0.1) is 55.7 Å². The Hall–Kier alpha value is -2.26. The number of nitrogens with zero attached hydrogens (tertiary/aromatic N) is 1. The fourth-order valence-electron chi connectivity index (χ4n) is 10.3. The van der Waals surface area contributed by atoms with Gasteiger partial charge in [-0.1, -0.05) is 54.5 Å². The smallest absolute Gasteiger partial charge is 0.312 e. The summed E-state index contributed by atoms with van der Waals surface area (Å²) in [6, 6.07) is 2.13. The van der Waals surface area contributed by atoms with Crippen LogP contribution in [-0.2, 0) is 19.1 Å². The highest BCUT2D eigenvalue weighted by molar-refractivity contribution is 6.05. The Morgan fingerprint density at radius 2 is 1.67 bits per heavy atom. The first kappa shape index (κ1) is 28.3. The number of nitriles is 1. The van der Waals surface area contributed by atoms with Crippen molar-refractivity contribution in [3.63, 3.8) is 0 Å². The highest BCUT2D eigenvalue weighted by Crippen LogP contribution is 2.75. The molecule has 0 spiro atoms. The van der Waals surface area contributed by atoms with Gasteiger partial charge in [0.15, 0.2) is 11.6 Å². The van der Waals surface area contributed by atoms with Gasteiger partial charge in [0.1, 0.15) is 11.7 Å². The highest BCUT2D eigenvalue weighted by atomic mass is 16.5. The number of ether oxygens (including phenoxy) is 1. The largest absolute Gasteiger partial charge is 0.466 e. The average Bonchev–Trinajstić information content (AvgIpc) is 2.85. The van der Waals surface area contributed by atoms with Gasteiger partial charge in [0.05, 0.1) is 17.6 Å². The zero-order valence-electron chi connectivity index (χ0n) is 25.0. The molecule has 6 heteroatoms. The van der Waals surface area contributed by atoms with E-state index in [1.54, 1.807) is 13.0 Å². The predicted octanol–water partition coefficient (Wildman–Crippen LogP) is 5.88. The Morgan fingerprint density at radius 3 is 2.28 bits per heavy atom. The maximum Gasteiger partial charge on any atom is 0.312 e. The van der Waals surface area contributed by atoms with E-state index >= 15 is 0 Å². The molecule has 0 aromatic rings. The summed E-state index contributed by atoms with van der Waals surface area (Å²) in [6.45, 7) is 16.5. The summed E-state index contributed by atoms with van der Waals surface area (Å²) in [5.41, 5.74) is -4.44. The molecular weight excluding hydrogens is 490 g/mol. The summed E-state index contributed by atoms with van der Waals surface area (Å²) in [6.07, 6.45) is 8.06. The van der Waals surface area contributed by atoms with Gasteiger partial charge in [-0.15, -0.1) is 0 Å². The van der Waals surface area contributed by atoms with E-state index in [1.165, 1.54) is 0 Å². The molecule has 0 radical (unpaired) electrons. The van der Waals surface area contributed by atoms with E-state index in [-0.39, 0.29) is 41.0 Å². The molecule has 0 aliphatic heterocycles. The van der Waals surface area contributed by atoms with Crippen molar-refractivity contribution in [3.8, 4) is 6.07 Å². The van der Waals surface area contributed by atoms with Gasteiger partial charge in [-0.25, -0.2) is 0 Å². The maximum absolute atomic E-state index is 14.5. The fourth-order valence-corrected chi connectivity index (χ4v) is 10.3. The second-order valence-electron chi connectivity index (χ2n) is 15.2. The molecule has 0 heterocycles. The number of fused-ring (bicyclic) bond motifs is 7. The first-order chi connectivity index (χ1) is 17.9. The minimum atomic E-state index is -1.72. The second-order valence-corrected chi connectivity index (χ2v) is 15.2. The van der Waals surface area contributed by atoms with Crippen LogP contribution >= 0.6 is 0 Å². The van der Waals surface area contributed by atoms with Gasteiger partial charge >= 0.3 is 5.97 Å². The first-order valence-corrected chi connectivity index (χ1v) is 14.8. The summed E-state index contributed by atoms with van der Waals surface area (Å²) < 4.78 is 5.63. The molecule has 39 heavy (non-hydrogen) atoms. The molecule has 0 aromatic carbocycles. The van der Waals surface area contributed by atoms with Crippen molar-refractivity contribution in [1.29, 1.82) is 5.26 Å². The van der Waals surface area contributed by atoms with Crippen molar-refractivity contribution in [2.75, 3.05) is 6.61 Å². The third-order valence-electron chi connectivity index (χ3n) is 12.7. The number of carbonyl (C=O) groups excluding carboxylic acids is 3. The number of Topliss-reactive ketones (excluding diaryl/α,β-unsaturated/α-hetero) is 1. The molecule has 5 rings (SSSR count). The summed E-state index contributed by atoms with van der Waals surface area (Å²) in [5.74, 6) is -1.36. The molecule has 7 atom stereocenters. The van der Waals surface area contributed by atoms with Crippen LogP contribution in [0.1, 0.15) is 100 Å². The van der Waals surface area contributed by atoms with Crippen LogP contribution in [0.5, 0.6) is 0 Å². The van der Waals surface area contributed by atoms with Gasteiger partial charge in [0.25, 0.3) is 0 Å². The number of hydrogen-bond acceptors (Lipinski definition) is 6. The lowest BCUT2D eigenvalue weighted by Crippen LogP contribution is -2.75. The number of hydrogen-bond donors (Lipinski definition) is 1. The maximum atomic E-state index is 14.5. The number of ketones is 2. The minimum Gasteiger partial charge on any atom is -0.466 e. The lowest BCUT2D eigenvalue weighted by Gasteiger charge is -2.71. The molecule has 0 aromatic heterocycles. The van der Waals surface area contributed by atoms with Crippen LogP contribution < -0.4 is 0 Å². The molecule has 212 valence electrons. The Morgan fingerprint density at radius 1 is 1.03 bits per heavy atom. The third kappa shape index (κ3) is 3.20. The quantitative estimate of drug-likeness (QED) is 0.443. The summed E-state index contributed by atoms with van der Waals surface area (Å²) in [5, 5.41) is 22.8. The monoisotopic (exact) mass is 535 g/mol. The first-order valence-electron chi connectivity index (χ1n) is 14.8. The van der Waals surface area contributed by atoms with E-state index in [2.05, 4.69) is 40.7 Å². The Balaban J connectivity index is 1.74.